The summed E-state index contributed by atoms with van der Waals surface area (Å²) in [7, 11) is 0. The minimum Gasteiger partial charge on any atom is -0.481 e. The van der Waals surface area contributed by atoms with Gasteiger partial charge in [0.1, 0.15) is 6.61 Å². The number of hydrogen-bond acceptors (Lipinski definition) is 3. The highest BCUT2D eigenvalue weighted by Crippen LogP contribution is 2.44. The number of carbonyl (C=O) groups is 2. The Kier molecular flexibility index (Phi) is 5.53. The van der Waals surface area contributed by atoms with Crippen LogP contribution < -0.4 is 5.32 Å². The van der Waals surface area contributed by atoms with Crippen LogP contribution in [0, 0.1) is 0 Å². The Morgan fingerprint density at radius 1 is 0.933 bits per heavy atom. The molecule has 5 heteroatoms. The minimum atomic E-state index is -0.868. The van der Waals surface area contributed by atoms with Gasteiger partial charge in [-0.05, 0) is 40.3 Å². The van der Waals surface area contributed by atoms with Gasteiger partial charge in [0, 0.05) is 5.92 Å². The Labute approximate surface area is 175 Å². The number of aliphatic carboxylic acids is 1. The van der Waals surface area contributed by atoms with Crippen molar-refractivity contribution in [3.63, 3.8) is 0 Å². The first-order valence-electron chi connectivity index (χ1n) is 9.95. The number of amides is 1. The number of nitrogens with one attached hydrogen (secondary N) is 1. The number of rotatable bonds is 6. The summed E-state index contributed by atoms with van der Waals surface area (Å²) in [5, 5.41) is 11.7. The largest absolute Gasteiger partial charge is 0.481 e. The van der Waals surface area contributed by atoms with E-state index >= 15 is 0 Å². The molecular weight excluding hydrogens is 378 g/mol. The maximum atomic E-state index is 12.4. The van der Waals surface area contributed by atoms with Gasteiger partial charge in [-0.25, -0.2) is 4.79 Å². The van der Waals surface area contributed by atoms with Crippen LogP contribution in [-0.2, 0) is 16.0 Å². The van der Waals surface area contributed by atoms with Crippen molar-refractivity contribution < 1.29 is 19.4 Å². The van der Waals surface area contributed by atoms with E-state index in [1.165, 1.54) is 22.3 Å². The number of fused-ring (bicyclic) bond motifs is 3. The van der Waals surface area contributed by atoms with Gasteiger partial charge < -0.3 is 15.2 Å². The molecular formula is C25H23NO4. The topological polar surface area (TPSA) is 75.6 Å². The highest BCUT2D eigenvalue weighted by atomic mass is 16.5. The number of benzene rings is 3. The van der Waals surface area contributed by atoms with Crippen molar-refractivity contribution in [2.75, 3.05) is 6.61 Å². The average Bonchev–Trinajstić information content (AvgIpc) is 3.06. The lowest BCUT2D eigenvalue weighted by Crippen LogP contribution is -2.28. The lowest BCUT2D eigenvalue weighted by atomic mass is 9.98. The van der Waals surface area contributed by atoms with Crippen LogP contribution in [0.5, 0.6) is 0 Å². The second-order valence-electron chi connectivity index (χ2n) is 7.50. The normalized spacial score (nSPS) is 13.2. The summed E-state index contributed by atoms with van der Waals surface area (Å²) < 4.78 is 5.58. The average molecular weight is 401 g/mol. The molecule has 5 nitrogen and oxygen atoms in total. The van der Waals surface area contributed by atoms with E-state index in [0.29, 0.717) is 0 Å². The number of carbonyl (C=O) groups excluding carboxylic acids is 1. The maximum absolute atomic E-state index is 12.4. The maximum Gasteiger partial charge on any atom is 0.407 e. The third-order valence-corrected chi connectivity index (χ3v) is 5.51. The third kappa shape index (κ3) is 4.06. The molecule has 1 atom stereocenters. The zero-order chi connectivity index (χ0) is 21.1. The van der Waals surface area contributed by atoms with E-state index < -0.39 is 12.1 Å². The van der Waals surface area contributed by atoms with Crippen LogP contribution in [0.1, 0.15) is 41.1 Å². The second kappa shape index (κ2) is 8.41. The Bertz CT molecular complexity index is 1030. The molecule has 0 saturated carbocycles. The monoisotopic (exact) mass is 401 g/mol. The van der Waals surface area contributed by atoms with Gasteiger partial charge in [-0.2, -0.15) is 0 Å². The van der Waals surface area contributed by atoms with E-state index in [0.717, 1.165) is 11.1 Å². The van der Waals surface area contributed by atoms with Crippen LogP contribution in [0.3, 0.4) is 0 Å². The van der Waals surface area contributed by atoms with Crippen molar-refractivity contribution in [3.8, 4) is 11.1 Å². The summed E-state index contributed by atoms with van der Waals surface area (Å²) in [6.07, 6.45) is -0.493. The van der Waals surface area contributed by atoms with E-state index in [4.69, 9.17) is 9.84 Å². The standard InChI is InChI=1S/C25H23NO4/c1-16(18-12-10-17(11-13-18)14-24(27)28)26-25(29)30-15-23-21-8-4-2-6-19(21)20-7-3-5-9-22(20)23/h2-13,16,23H,14-15H2,1H3,(H,26,29)(H,27,28)/t16-/m0/s1. The molecule has 2 N–H and O–H groups in total. The number of carboxylic acids is 1. The molecule has 1 aliphatic carbocycles. The molecule has 0 aromatic heterocycles. The zero-order valence-electron chi connectivity index (χ0n) is 16.7. The Morgan fingerprint density at radius 2 is 1.50 bits per heavy atom. The molecule has 1 amide bonds. The van der Waals surface area contributed by atoms with Crippen LogP contribution in [0.4, 0.5) is 4.79 Å². The zero-order valence-corrected chi connectivity index (χ0v) is 16.7. The summed E-state index contributed by atoms with van der Waals surface area (Å²) in [5.74, 6) is -0.846. The van der Waals surface area contributed by atoms with Crippen molar-refractivity contribution in [2.24, 2.45) is 0 Å². The molecule has 0 fully saturated rings. The highest BCUT2D eigenvalue weighted by molar-refractivity contribution is 5.79. The number of carboxylic acid groups (broad SMARTS) is 1. The van der Waals surface area contributed by atoms with E-state index in [-0.39, 0.29) is 25.0 Å². The van der Waals surface area contributed by atoms with Crippen molar-refractivity contribution in [3.05, 3.63) is 95.1 Å². The quantitative estimate of drug-likeness (QED) is 0.615. The van der Waals surface area contributed by atoms with Gasteiger partial charge in [-0.3, -0.25) is 4.79 Å². The molecule has 0 saturated heterocycles. The van der Waals surface area contributed by atoms with Crippen LogP contribution in [-0.4, -0.2) is 23.8 Å². The highest BCUT2D eigenvalue weighted by Gasteiger charge is 2.29. The third-order valence-electron chi connectivity index (χ3n) is 5.51. The van der Waals surface area contributed by atoms with Crippen molar-refractivity contribution in [2.45, 2.75) is 25.3 Å². The lowest BCUT2D eigenvalue weighted by molar-refractivity contribution is -0.136. The van der Waals surface area contributed by atoms with Gasteiger partial charge >= 0.3 is 12.1 Å². The number of hydrogen-bond donors (Lipinski definition) is 2. The molecule has 0 unspecified atom stereocenters. The fourth-order valence-corrected chi connectivity index (χ4v) is 4.00. The summed E-state index contributed by atoms with van der Waals surface area (Å²) in [6.45, 7) is 2.14. The summed E-state index contributed by atoms with van der Waals surface area (Å²) in [5.41, 5.74) is 6.34. The first kappa shape index (κ1) is 19.7. The van der Waals surface area contributed by atoms with Crippen LogP contribution in [0.15, 0.2) is 72.8 Å². The van der Waals surface area contributed by atoms with E-state index in [1.807, 2.05) is 43.3 Å². The predicted octanol–water partition coefficient (Wildman–Crippen LogP) is 4.91. The van der Waals surface area contributed by atoms with Crippen LogP contribution >= 0.6 is 0 Å². The van der Waals surface area contributed by atoms with Gasteiger partial charge in [-0.1, -0.05) is 72.8 Å². The van der Waals surface area contributed by atoms with Gasteiger partial charge in [0.05, 0.1) is 12.5 Å². The predicted molar refractivity (Wildman–Crippen MR) is 114 cm³/mol. The molecule has 30 heavy (non-hydrogen) atoms. The molecule has 0 bridgehead atoms. The molecule has 3 aromatic rings. The summed E-state index contributed by atoms with van der Waals surface area (Å²) in [4.78, 5) is 23.2. The molecule has 0 heterocycles. The Morgan fingerprint density at radius 3 is 2.07 bits per heavy atom. The first-order valence-corrected chi connectivity index (χ1v) is 9.95. The number of alkyl carbamates (subject to hydrolysis) is 1. The van der Waals surface area contributed by atoms with Crippen LogP contribution in [0.25, 0.3) is 11.1 Å². The van der Waals surface area contributed by atoms with Crippen molar-refractivity contribution in [1.82, 2.24) is 5.32 Å². The second-order valence-corrected chi connectivity index (χ2v) is 7.50. The minimum absolute atomic E-state index is 0.0194. The molecule has 1 aliphatic rings. The fraction of sp³-hybridized carbons (Fsp3) is 0.200. The lowest BCUT2D eigenvalue weighted by Gasteiger charge is -2.17. The van der Waals surface area contributed by atoms with E-state index in [1.54, 1.807) is 12.1 Å². The first-order chi connectivity index (χ1) is 14.5. The van der Waals surface area contributed by atoms with E-state index in [2.05, 4.69) is 29.6 Å². The summed E-state index contributed by atoms with van der Waals surface area (Å²) in [6, 6.07) is 23.4. The van der Waals surface area contributed by atoms with E-state index in [9.17, 15) is 9.59 Å². The molecule has 0 spiro atoms. The molecule has 152 valence electrons. The smallest absolute Gasteiger partial charge is 0.407 e. The van der Waals surface area contributed by atoms with Gasteiger partial charge in [-0.15, -0.1) is 0 Å². The SMILES string of the molecule is C[C@H](NC(=O)OCC1c2ccccc2-c2ccccc21)c1ccc(CC(=O)O)cc1. The van der Waals surface area contributed by atoms with Gasteiger partial charge in [0.15, 0.2) is 0 Å². The van der Waals surface area contributed by atoms with Gasteiger partial charge in [0.25, 0.3) is 0 Å². The molecule has 4 rings (SSSR count). The fourth-order valence-electron chi connectivity index (χ4n) is 4.00. The molecule has 0 radical (unpaired) electrons. The van der Waals surface area contributed by atoms with Crippen LogP contribution in [0.2, 0.25) is 0 Å². The Hall–Kier alpha value is -3.60. The molecule has 3 aromatic carbocycles. The van der Waals surface area contributed by atoms with Gasteiger partial charge in [0.2, 0.25) is 0 Å². The Balaban J connectivity index is 1.39. The molecule has 0 aliphatic heterocycles. The summed E-state index contributed by atoms with van der Waals surface area (Å²) >= 11 is 0. The van der Waals surface area contributed by atoms with Crippen molar-refractivity contribution >= 4 is 12.1 Å². The number of ether oxygens (including phenoxy) is 1. The van der Waals surface area contributed by atoms with Crippen molar-refractivity contribution in [1.29, 1.82) is 0 Å².